The van der Waals surface area contributed by atoms with Crippen molar-refractivity contribution in [1.82, 2.24) is 4.90 Å². The fourth-order valence-corrected chi connectivity index (χ4v) is 1.73. The molecule has 1 aromatic carbocycles. The van der Waals surface area contributed by atoms with Gasteiger partial charge in [-0.05, 0) is 24.4 Å². The summed E-state index contributed by atoms with van der Waals surface area (Å²) in [6, 6.07) is 4.12. The highest BCUT2D eigenvalue weighted by Gasteiger charge is 2.33. The van der Waals surface area contributed by atoms with E-state index in [9.17, 15) is 18.0 Å². The van der Waals surface area contributed by atoms with E-state index in [1.165, 1.54) is 23.1 Å². The third kappa shape index (κ3) is 3.33. The maximum Gasteiger partial charge on any atom is 0.417 e. The van der Waals surface area contributed by atoms with Gasteiger partial charge in [-0.2, -0.15) is 13.2 Å². The Balaban J connectivity index is 2.55. The summed E-state index contributed by atoms with van der Waals surface area (Å²) in [5.74, 6) is 0.184. The van der Waals surface area contributed by atoms with Crippen molar-refractivity contribution in [3.8, 4) is 5.75 Å². The minimum atomic E-state index is -4.64. The van der Waals surface area contributed by atoms with E-state index in [1.54, 1.807) is 14.1 Å². The molecule has 0 aliphatic heterocycles. The lowest BCUT2D eigenvalue weighted by molar-refractivity contribution is -0.136. The smallest absolute Gasteiger partial charge is 0.417 e. The maximum absolute atomic E-state index is 12.9. The average molecular weight is 317 g/mol. The van der Waals surface area contributed by atoms with Gasteiger partial charge in [0.2, 0.25) is 0 Å². The third-order valence-corrected chi connectivity index (χ3v) is 3.04. The van der Waals surface area contributed by atoms with Crippen LogP contribution >= 0.6 is 12.2 Å². The average Bonchev–Trinajstić information content (AvgIpc) is 2.36. The van der Waals surface area contributed by atoms with Crippen molar-refractivity contribution >= 4 is 28.4 Å². The highest BCUT2D eigenvalue weighted by Crippen LogP contribution is 2.34. The molecule has 0 amide bonds. The van der Waals surface area contributed by atoms with Crippen molar-refractivity contribution in [2.24, 2.45) is 0 Å². The van der Waals surface area contributed by atoms with E-state index in [1.807, 2.05) is 0 Å². The van der Waals surface area contributed by atoms with Crippen molar-refractivity contribution in [3.05, 3.63) is 40.2 Å². The Kier molecular flexibility index (Phi) is 3.91. The number of alkyl halides is 3. The summed E-state index contributed by atoms with van der Waals surface area (Å²) in [6.45, 7) is 0. The van der Waals surface area contributed by atoms with Crippen LogP contribution in [0.25, 0.3) is 11.0 Å². The molecule has 1 heterocycles. The topological polar surface area (TPSA) is 42.7 Å². The van der Waals surface area contributed by atoms with Gasteiger partial charge in [-0.25, -0.2) is 4.79 Å². The highest BCUT2D eigenvalue weighted by molar-refractivity contribution is 7.80. The van der Waals surface area contributed by atoms with Gasteiger partial charge < -0.3 is 14.1 Å². The molecule has 0 spiro atoms. The maximum atomic E-state index is 12.9. The molecule has 2 rings (SSSR count). The number of benzene rings is 1. The molecule has 0 saturated heterocycles. The number of nitrogens with zero attached hydrogens (tertiary/aromatic N) is 1. The van der Waals surface area contributed by atoms with Crippen LogP contribution in [-0.4, -0.2) is 24.2 Å². The summed E-state index contributed by atoms with van der Waals surface area (Å²) < 4.78 is 48.7. The van der Waals surface area contributed by atoms with Crippen LogP contribution in [0.2, 0.25) is 0 Å². The lowest BCUT2D eigenvalue weighted by atomic mass is 10.1. The summed E-state index contributed by atoms with van der Waals surface area (Å²) >= 11 is 4.92. The summed E-state index contributed by atoms with van der Waals surface area (Å²) in [6.07, 6.45) is -4.64. The Bertz CT molecular complexity index is 752. The Morgan fingerprint density at radius 3 is 2.52 bits per heavy atom. The molecule has 0 aliphatic carbocycles. The van der Waals surface area contributed by atoms with Crippen molar-refractivity contribution in [3.63, 3.8) is 0 Å². The molecule has 21 heavy (non-hydrogen) atoms. The summed E-state index contributed by atoms with van der Waals surface area (Å²) in [7, 11) is 3.32. The first-order chi connectivity index (χ1) is 9.68. The molecule has 1 aromatic heterocycles. The Hall–Kier alpha value is -2.09. The van der Waals surface area contributed by atoms with Gasteiger partial charge >= 0.3 is 11.8 Å². The predicted octanol–water partition coefficient (Wildman–Crippen LogP) is 3.04. The Labute approximate surface area is 122 Å². The number of fused-ring (bicyclic) bond motifs is 1. The monoisotopic (exact) mass is 317 g/mol. The second kappa shape index (κ2) is 5.36. The van der Waals surface area contributed by atoms with Crippen LogP contribution in [0.5, 0.6) is 5.75 Å². The molecule has 8 heteroatoms. The van der Waals surface area contributed by atoms with Gasteiger partial charge in [0, 0.05) is 31.6 Å². The molecule has 2 aromatic rings. The molecule has 0 unspecified atom stereocenters. The SMILES string of the molecule is CN(C)C(=S)Oc1ccc2c(C(F)(F)F)cc(=O)oc2c1. The number of ether oxygens (including phenoxy) is 1. The molecule has 4 nitrogen and oxygen atoms in total. The van der Waals surface area contributed by atoms with E-state index in [-0.39, 0.29) is 21.9 Å². The molecular weight excluding hydrogens is 307 g/mol. The van der Waals surface area contributed by atoms with Gasteiger partial charge in [-0.15, -0.1) is 0 Å². The summed E-state index contributed by atoms with van der Waals surface area (Å²) in [4.78, 5) is 12.8. The van der Waals surface area contributed by atoms with E-state index in [4.69, 9.17) is 21.4 Å². The van der Waals surface area contributed by atoms with Crippen molar-refractivity contribution in [2.45, 2.75) is 6.18 Å². The number of hydrogen-bond acceptors (Lipinski definition) is 4. The van der Waals surface area contributed by atoms with Crippen molar-refractivity contribution in [1.29, 1.82) is 0 Å². The standard InChI is InChI=1S/C13H10F3NO3S/c1-17(2)12(21)19-7-3-4-8-9(13(14,15)16)6-11(18)20-10(8)5-7/h3-6H,1-2H3. The van der Waals surface area contributed by atoms with Crippen molar-refractivity contribution < 1.29 is 22.3 Å². The second-order valence-corrected chi connectivity index (χ2v) is 4.75. The van der Waals surface area contributed by atoms with E-state index >= 15 is 0 Å². The highest BCUT2D eigenvalue weighted by atomic mass is 32.1. The van der Waals surface area contributed by atoms with Gasteiger partial charge in [-0.3, -0.25) is 0 Å². The molecule has 0 aliphatic rings. The van der Waals surface area contributed by atoms with Gasteiger partial charge in [0.25, 0.3) is 5.17 Å². The third-order valence-electron chi connectivity index (χ3n) is 2.59. The first-order valence-corrected chi connectivity index (χ1v) is 6.13. The number of hydrogen-bond donors (Lipinski definition) is 0. The van der Waals surface area contributed by atoms with Crippen LogP contribution in [-0.2, 0) is 6.18 Å². The second-order valence-electron chi connectivity index (χ2n) is 4.40. The lowest BCUT2D eigenvalue weighted by Crippen LogP contribution is -2.24. The van der Waals surface area contributed by atoms with Crippen LogP contribution in [0, 0.1) is 0 Å². The number of thiocarbonyl (C=S) groups is 1. The van der Waals surface area contributed by atoms with Gasteiger partial charge in [0.1, 0.15) is 11.3 Å². The molecule has 112 valence electrons. The zero-order valence-corrected chi connectivity index (χ0v) is 11.8. The number of halogens is 3. The van der Waals surface area contributed by atoms with Crippen LogP contribution in [0.4, 0.5) is 13.2 Å². The van der Waals surface area contributed by atoms with Gasteiger partial charge in [0.05, 0.1) is 5.56 Å². The Morgan fingerprint density at radius 2 is 1.95 bits per heavy atom. The van der Waals surface area contributed by atoms with E-state index < -0.39 is 17.4 Å². The molecule has 0 fully saturated rings. The normalized spacial score (nSPS) is 11.5. The zero-order chi connectivity index (χ0) is 15.8. The van der Waals surface area contributed by atoms with E-state index in [2.05, 4.69) is 0 Å². The number of rotatable bonds is 1. The largest absolute Gasteiger partial charge is 0.432 e. The van der Waals surface area contributed by atoms with Crippen LogP contribution in [0.1, 0.15) is 5.56 Å². The molecule has 0 radical (unpaired) electrons. The molecule has 0 N–H and O–H groups in total. The summed E-state index contributed by atoms with van der Waals surface area (Å²) in [5, 5.41) is -0.0890. The van der Waals surface area contributed by atoms with E-state index in [0.29, 0.717) is 6.07 Å². The first-order valence-electron chi connectivity index (χ1n) is 5.73. The van der Waals surface area contributed by atoms with Gasteiger partial charge in [0.15, 0.2) is 0 Å². The Morgan fingerprint density at radius 1 is 1.29 bits per heavy atom. The first kappa shape index (κ1) is 15.3. The van der Waals surface area contributed by atoms with Crippen LogP contribution in [0.3, 0.4) is 0 Å². The molecule has 0 bridgehead atoms. The lowest BCUT2D eigenvalue weighted by Gasteiger charge is -2.14. The van der Waals surface area contributed by atoms with Gasteiger partial charge in [-0.1, -0.05) is 0 Å². The molecular formula is C13H10F3NO3S. The van der Waals surface area contributed by atoms with Crippen LogP contribution in [0.15, 0.2) is 33.5 Å². The summed E-state index contributed by atoms with van der Waals surface area (Å²) in [5.41, 5.74) is -2.34. The minimum absolute atomic E-state index is 0.128. The predicted molar refractivity (Wildman–Crippen MR) is 74.4 cm³/mol. The fraction of sp³-hybridized carbons (Fsp3) is 0.231. The molecule has 0 saturated carbocycles. The van der Waals surface area contributed by atoms with Crippen molar-refractivity contribution in [2.75, 3.05) is 14.1 Å². The molecule has 0 atom stereocenters. The quantitative estimate of drug-likeness (QED) is 0.597. The van der Waals surface area contributed by atoms with Crippen LogP contribution < -0.4 is 10.4 Å². The van der Waals surface area contributed by atoms with E-state index in [0.717, 1.165) is 0 Å². The fourth-order valence-electron chi connectivity index (χ4n) is 1.63. The minimum Gasteiger partial charge on any atom is -0.432 e. The zero-order valence-electron chi connectivity index (χ0n) is 11.0.